The Morgan fingerprint density at radius 1 is 1.67 bits per heavy atom. The van der Waals surface area contributed by atoms with Gasteiger partial charge in [-0.25, -0.2) is 0 Å². The van der Waals surface area contributed by atoms with E-state index in [1.165, 1.54) is 0 Å². The molecule has 0 aliphatic carbocycles. The van der Waals surface area contributed by atoms with Gasteiger partial charge in [-0.05, 0) is 20.8 Å². The largest absolute Gasteiger partial charge is 0.295 e. The zero-order valence-electron chi connectivity index (χ0n) is 7.74. The monoisotopic (exact) mass is 166 g/mol. The first-order valence-electron chi connectivity index (χ1n) is 4.12. The van der Waals surface area contributed by atoms with Gasteiger partial charge in [0.05, 0.1) is 6.04 Å². The van der Waals surface area contributed by atoms with Crippen LogP contribution in [0.1, 0.15) is 27.2 Å². The Balaban J connectivity index is 2.69. The molecule has 3 nitrogen and oxygen atoms in total. The summed E-state index contributed by atoms with van der Waals surface area (Å²) in [6, 6.07) is 0.389. The Kier molecular flexibility index (Phi) is 2.63. The molecule has 0 saturated heterocycles. The third-order valence-corrected chi connectivity index (χ3v) is 1.84. The van der Waals surface area contributed by atoms with Crippen LogP contribution in [0.5, 0.6) is 0 Å². The Morgan fingerprint density at radius 2 is 2.33 bits per heavy atom. The van der Waals surface area contributed by atoms with Crippen LogP contribution in [0.4, 0.5) is 0 Å². The molecule has 3 heteroatoms. The number of allylic oxidation sites excluding steroid dienone is 2. The highest BCUT2D eigenvalue weighted by Crippen LogP contribution is 2.16. The molecule has 0 amide bonds. The summed E-state index contributed by atoms with van der Waals surface area (Å²) < 4.78 is 0. The van der Waals surface area contributed by atoms with Crippen LogP contribution in [-0.2, 0) is 4.79 Å². The van der Waals surface area contributed by atoms with E-state index < -0.39 is 0 Å². The first-order valence-corrected chi connectivity index (χ1v) is 4.12. The molecule has 0 aromatic carbocycles. The van der Waals surface area contributed by atoms with Gasteiger partial charge in [0, 0.05) is 24.4 Å². The van der Waals surface area contributed by atoms with Crippen molar-refractivity contribution < 1.29 is 4.79 Å². The van der Waals surface area contributed by atoms with Gasteiger partial charge in [0.25, 0.3) is 0 Å². The van der Waals surface area contributed by atoms with Crippen molar-refractivity contribution in [3.05, 3.63) is 11.8 Å². The van der Waals surface area contributed by atoms with Crippen molar-refractivity contribution >= 4 is 12.0 Å². The predicted octanol–water partition coefficient (Wildman–Crippen LogP) is 1.56. The lowest BCUT2D eigenvalue weighted by molar-refractivity contribution is -0.112. The van der Waals surface area contributed by atoms with E-state index in [2.05, 4.69) is 12.0 Å². The maximum Gasteiger partial charge on any atom is 0.154 e. The van der Waals surface area contributed by atoms with Gasteiger partial charge < -0.3 is 0 Å². The molecule has 1 heterocycles. The number of ketones is 1. The molecule has 66 valence electrons. The van der Waals surface area contributed by atoms with Crippen LogP contribution >= 0.6 is 0 Å². The van der Waals surface area contributed by atoms with Crippen LogP contribution in [0.2, 0.25) is 0 Å². The second kappa shape index (κ2) is 3.52. The Morgan fingerprint density at radius 3 is 2.75 bits per heavy atom. The number of nitrogens with zero attached hydrogens (tertiary/aromatic N) is 2. The van der Waals surface area contributed by atoms with Gasteiger partial charge in [0.2, 0.25) is 0 Å². The maximum absolute atomic E-state index is 10.8. The van der Waals surface area contributed by atoms with E-state index in [9.17, 15) is 4.79 Å². The number of rotatable bonds is 2. The lowest BCUT2D eigenvalue weighted by Gasteiger charge is -2.20. The summed E-state index contributed by atoms with van der Waals surface area (Å²) in [4.78, 5) is 10.8. The number of carbonyl (C=O) groups excluding carboxylic acids is 1. The van der Waals surface area contributed by atoms with Crippen molar-refractivity contribution in [1.82, 2.24) is 5.01 Å². The van der Waals surface area contributed by atoms with Gasteiger partial charge in [0.1, 0.15) is 0 Å². The van der Waals surface area contributed by atoms with Crippen molar-refractivity contribution in [2.75, 3.05) is 0 Å². The smallest absolute Gasteiger partial charge is 0.154 e. The summed E-state index contributed by atoms with van der Waals surface area (Å²) in [5, 5.41) is 6.03. The first-order chi connectivity index (χ1) is 5.61. The number of hydrogen-bond acceptors (Lipinski definition) is 3. The Hall–Kier alpha value is -1.12. The summed E-state index contributed by atoms with van der Waals surface area (Å²) in [7, 11) is 0. The lowest BCUT2D eigenvalue weighted by atomic mass is 10.2. The summed E-state index contributed by atoms with van der Waals surface area (Å²) in [5.74, 6) is 0.0711. The maximum atomic E-state index is 10.8. The molecule has 0 fully saturated rings. The second-order valence-electron chi connectivity index (χ2n) is 3.12. The predicted molar refractivity (Wildman–Crippen MR) is 48.8 cm³/mol. The van der Waals surface area contributed by atoms with Crippen molar-refractivity contribution in [1.29, 1.82) is 0 Å². The molecule has 12 heavy (non-hydrogen) atoms. The third kappa shape index (κ3) is 1.94. The molecular formula is C9H14N2O. The highest BCUT2D eigenvalue weighted by Gasteiger charge is 2.16. The van der Waals surface area contributed by atoms with Gasteiger partial charge in [0.15, 0.2) is 5.78 Å². The third-order valence-electron chi connectivity index (χ3n) is 1.84. The molecule has 1 aliphatic heterocycles. The minimum absolute atomic E-state index is 0.0711. The number of hydrazone groups is 1. The Bertz CT molecular complexity index is 243. The highest BCUT2D eigenvalue weighted by atomic mass is 16.1. The van der Waals surface area contributed by atoms with E-state index in [-0.39, 0.29) is 5.78 Å². The topological polar surface area (TPSA) is 32.7 Å². The summed E-state index contributed by atoms with van der Waals surface area (Å²) >= 11 is 0. The van der Waals surface area contributed by atoms with Crippen LogP contribution in [0.25, 0.3) is 0 Å². The molecular weight excluding hydrogens is 152 g/mol. The molecule has 0 saturated carbocycles. The molecule has 0 aromatic rings. The molecule has 1 unspecified atom stereocenters. The minimum Gasteiger partial charge on any atom is -0.295 e. The summed E-state index contributed by atoms with van der Waals surface area (Å²) in [6.45, 7) is 5.54. The van der Waals surface area contributed by atoms with Crippen molar-refractivity contribution in [3.63, 3.8) is 0 Å². The molecule has 0 N–H and O–H groups in total. The molecule has 0 spiro atoms. The lowest BCUT2D eigenvalue weighted by Crippen LogP contribution is -2.21. The minimum atomic E-state index is 0.0711. The van der Waals surface area contributed by atoms with Crippen LogP contribution in [-0.4, -0.2) is 23.0 Å². The van der Waals surface area contributed by atoms with Gasteiger partial charge in [-0.15, -0.1) is 0 Å². The fourth-order valence-corrected chi connectivity index (χ4v) is 1.30. The van der Waals surface area contributed by atoms with E-state index >= 15 is 0 Å². The molecule has 1 aliphatic rings. The van der Waals surface area contributed by atoms with Crippen LogP contribution in [0, 0.1) is 0 Å². The molecule has 0 aromatic heterocycles. The summed E-state index contributed by atoms with van der Waals surface area (Å²) in [6.07, 6.45) is 4.45. The van der Waals surface area contributed by atoms with Crippen LogP contribution in [0.15, 0.2) is 16.9 Å². The average molecular weight is 166 g/mol. The average Bonchev–Trinajstić information content (AvgIpc) is 2.33. The van der Waals surface area contributed by atoms with E-state index in [0.717, 1.165) is 12.1 Å². The van der Waals surface area contributed by atoms with E-state index in [4.69, 9.17) is 0 Å². The van der Waals surface area contributed by atoms with Gasteiger partial charge in [-0.1, -0.05) is 0 Å². The number of hydrogen-bond donors (Lipinski definition) is 0. The Labute approximate surface area is 72.8 Å². The molecule has 0 radical (unpaired) electrons. The van der Waals surface area contributed by atoms with Crippen molar-refractivity contribution in [3.8, 4) is 0 Å². The fourth-order valence-electron chi connectivity index (χ4n) is 1.30. The zero-order chi connectivity index (χ0) is 9.14. The van der Waals surface area contributed by atoms with Gasteiger partial charge >= 0.3 is 0 Å². The second-order valence-corrected chi connectivity index (χ2v) is 3.12. The van der Waals surface area contributed by atoms with E-state index in [0.29, 0.717) is 6.04 Å². The van der Waals surface area contributed by atoms with E-state index in [1.54, 1.807) is 13.0 Å². The molecule has 1 rings (SSSR count). The van der Waals surface area contributed by atoms with Gasteiger partial charge in [-0.2, -0.15) is 5.10 Å². The SMILES string of the molecule is CC(=O)C=C(C)N1N=CCC1C. The fraction of sp³-hybridized carbons (Fsp3) is 0.556. The van der Waals surface area contributed by atoms with Crippen LogP contribution < -0.4 is 0 Å². The molecule has 1 atom stereocenters. The highest BCUT2D eigenvalue weighted by molar-refractivity contribution is 5.87. The van der Waals surface area contributed by atoms with E-state index in [1.807, 2.05) is 18.1 Å². The van der Waals surface area contributed by atoms with Crippen molar-refractivity contribution in [2.24, 2.45) is 5.10 Å². The summed E-state index contributed by atoms with van der Waals surface area (Å²) in [5.41, 5.74) is 0.920. The van der Waals surface area contributed by atoms with Crippen molar-refractivity contribution in [2.45, 2.75) is 33.2 Å². The first kappa shape index (κ1) is 8.97. The van der Waals surface area contributed by atoms with Gasteiger partial charge in [-0.3, -0.25) is 9.80 Å². The molecule has 0 bridgehead atoms. The van der Waals surface area contributed by atoms with Crippen LogP contribution in [0.3, 0.4) is 0 Å². The normalized spacial score (nSPS) is 23.4. The number of carbonyl (C=O) groups is 1. The zero-order valence-corrected chi connectivity index (χ0v) is 7.74. The standard InChI is InChI=1S/C9H14N2O/c1-7-4-5-10-11(7)8(2)6-9(3)12/h5-7H,4H2,1-3H3. The quantitative estimate of drug-likeness (QED) is 0.583.